The van der Waals surface area contributed by atoms with Crippen LogP contribution in [0.5, 0.6) is 0 Å². The van der Waals surface area contributed by atoms with Crippen molar-refractivity contribution in [2.45, 2.75) is 6.42 Å². The first-order chi connectivity index (χ1) is 5.29. The van der Waals surface area contributed by atoms with E-state index in [9.17, 15) is 9.90 Å². The van der Waals surface area contributed by atoms with Gasteiger partial charge in [0.05, 0.1) is 0 Å². The third-order valence-corrected chi connectivity index (χ3v) is 1.35. The van der Waals surface area contributed by atoms with Crippen LogP contribution >= 0.6 is 0 Å². The molecule has 1 aromatic carbocycles. The van der Waals surface area contributed by atoms with Gasteiger partial charge in [-0.1, -0.05) is 41.9 Å². The largest absolute Gasteiger partial charge is 0.584 e. The molecule has 0 bridgehead atoms. The summed E-state index contributed by atoms with van der Waals surface area (Å²) in [5.74, 6) is -1.12. The van der Waals surface area contributed by atoms with Gasteiger partial charge in [0.15, 0.2) is 0 Å². The average Bonchev–Trinajstić information content (AvgIpc) is 2.03. The van der Waals surface area contributed by atoms with E-state index in [2.05, 4.69) is 0 Å². The van der Waals surface area contributed by atoms with Crippen LogP contribution in [-0.2, 0) is 43.9 Å². The molecular weight excluding hydrogens is 229 g/mol. The summed E-state index contributed by atoms with van der Waals surface area (Å²) >= 11 is 0. The van der Waals surface area contributed by atoms with E-state index in [-0.39, 0.29) is 32.7 Å². The van der Waals surface area contributed by atoms with Gasteiger partial charge in [-0.15, -0.1) is 6.42 Å². The molecule has 0 atom stereocenters. The number of aliphatic carboxylic acids is 1. The summed E-state index contributed by atoms with van der Waals surface area (Å²) in [4.78, 5) is 10.0. The molecule has 61 valence electrons. The summed E-state index contributed by atoms with van der Waals surface area (Å²) in [5, 5.41) is 10.0. The molecule has 1 aromatic rings. The normalized spacial score (nSPS) is 8.33. The fraction of sp³-hybridized carbons (Fsp3) is 0.111. The fourth-order valence-electron chi connectivity index (χ4n) is 0.815. The molecule has 0 unspecified atom stereocenters. The van der Waals surface area contributed by atoms with E-state index in [1.165, 1.54) is 0 Å². The summed E-state index contributed by atoms with van der Waals surface area (Å²) in [6.07, 6.45) is 1.57. The molecule has 0 saturated carbocycles. The van der Waals surface area contributed by atoms with Crippen molar-refractivity contribution in [2.75, 3.05) is 0 Å². The number of benzene rings is 1. The molecule has 2 nitrogen and oxygen atoms in total. The van der Waals surface area contributed by atoms with Crippen LogP contribution in [-0.4, -0.2) is 5.97 Å². The molecule has 0 N–H and O–H groups in total. The second kappa shape index (κ2) is 6.21. The maximum Gasteiger partial charge on any atom is 0 e. The van der Waals surface area contributed by atoms with Crippen molar-refractivity contribution < 1.29 is 42.6 Å². The molecule has 0 aromatic heterocycles. The first kappa shape index (κ1) is 11.7. The molecule has 0 aliphatic rings. The van der Waals surface area contributed by atoms with Crippen LogP contribution in [0.15, 0.2) is 30.3 Å². The van der Waals surface area contributed by atoms with Gasteiger partial charge in [-0.3, -0.25) is 0 Å². The van der Waals surface area contributed by atoms with E-state index in [1.54, 1.807) is 0 Å². The van der Waals surface area contributed by atoms with Crippen LogP contribution in [0.2, 0.25) is 0 Å². The Morgan fingerprint density at radius 2 is 1.92 bits per heavy atom. The van der Waals surface area contributed by atoms with Gasteiger partial charge in [0, 0.05) is 32.7 Å². The first-order valence-corrected chi connectivity index (χ1v) is 3.37. The molecular formula is C9H8O2Y-2. The minimum atomic E-state index is -1.12. The minimum Gasteiger partial charge on any atom is -0.584 e. The number of carbonyl (C=O) groups is 1. The second-order valence-electron chi connectivity index (χ2n) is 2.21. The Kier molecular flexibility index (Phi) is 6.04. The van der Waals surface area contributed by atoms with Gasteiger partial charge >= 0.3 is 0 Å². The topological polar surface area (TPSA) is 40.1 Å². The zero-order valence-electron chi connectivity index (χ0n) is 6.57. The molecule has 0 spiro atoms. The number of rotatable bonds is 3. The van der Waals surface area contributed by atoms with Crippen LogP contribution in [0.4, 0.5) is 0 Å². The number of hydrogen-bond acceptors (Lipinski definition) is 2. The molecule has 1 rings (SSSR count). The summed E-state index contributed by atoms with van der Waals surface area (Å²) in [6, 6.07) is 9.39. The number of carboxylic acids is 1. The number of carboxylic acid groups (broad SMARTS) is 1. The van der Waals surface area contributed by atoms with E-state index in [0.29, 0.717) is 6.42 Å². The minimum absolute atomic E-state index is 0. The maximum atomic E-state index is 10.0. The molecule has 12 heavy (non-hydrogen) atoms. The summed E-state index contributed by atoms with van der Waals surface area (Å²) in [7, 11) is 0. The number of carbonyl (C=O) groups excluding carboxylic acids is 1. The molecule has 0 aliphatic carbocycles. The van der Waals surface area contributed by atoms with E-state index in [4.69, 9.17) is 0 Å². The van der Waals surface area contributed by atoms with Crippen LogP contribution in [0.1, 0.15) is 5.56 Å². The van der Waals surface area contributed by atoms with Gasteiger partial charge in [-0.2, -0.15) is 0 Å². The van der Waals surface area contributed by atoms with Gasteiger partial charge < -0.3 is 16.3 Å². The summed E-state index contributed by atoms with van der Waals surface area (Å²) in [6.45, 7) is 0. The summed E-state index contributed by atoms with van der Waals surface area (Å²) < 4.78 is 0. The average molecular weight is 237 g/mol. The quantitative estimate of drug-likeness (QED) is 0.703. The molecule has 0 aliphatic heterocycles. The van der Waals surface area contributed by atoms with Gasteiger partial charge in [0.25, 0.3) is 0 Å². The summed E-state index contributed by atoms with van der Waals surface area (Å²) in [5.41, 5.74) is 0.983. The molecule has 0 heterocycles. The van der Waals surface area contributed by atoms with Gasteiger partial charge in [-0.25, -0.2) is 0 Å². The first-order valence-electron chi connectivity index (χ1n) is 3.37. The standard InChI is InChI=1S/C9H9O2.Y/c10-9(11)7-6-8-4-2-1-3-5-8;/h1-5,7H,6H2,(H,10,11);/q-1;/p-1. The molecule has 3 heteroatoms. The zero-order valence-corrected chi connectivity index (χ0v) is 9.40. The van der Waals surface area contributed by atoms with Crippen LogP contribution in [0.3, 0.4) is 0 Å². The van der Waals surface area contributed by atoms with Crippen molar-refractivity contribution in [3.05, 3.63) is 42.3 Å². The van der Waals surface area contributed by atoms with Crippen molar-refractivity contribution in [2.24, 2.45) is 0 Å². The third-order valence-electron chi connectivity index (χ3n) is 1.35. The van der Waals surface area contributed by atoms with Crippen molar-refractivity contribution in [3.8, 4) is 0 Å². The predicted molar refractivity (Wildman–Crippen MR) is 39.5 cm³/mol. The second-order valence-corrected chi connectivity index (χ2v) is 2.21. The smallest absolute Gasteiger partial charge is 0 e. The Bertz CT molecular complexity index is 234. The predicted octanol–water partition coefficient (Wildman–Crippen LogP) is 0.181. The third kappa shape index (κ3) is 4.52. The van der Waals surface area contributed by atoms with Crippen LogP contribution < -0.4 is 5.11 Å². The zero-order chi connectivity index (χ0) is 8.10. The molecule has 0 amide bonds. The van der Waals surface area contributed by atoms with Crippen molar-refractivity contribution in [1.29, 1.82) is 0 Å². The van der Waals surface area contributed by atoms with Gasteiger partial charge in [0.2, 0.25) is 0 Å². The maximum absolute atomic E-state index is 10.0. The van der Waals surface area contributed by atoms with E-state index < -0.39 is 5.97 Å². The molecule has 0 fully saturated rings. The monoisotopic (exact) mass is 237 g/mol. The van der Waals surface area contributed by atoms with E-state index >= 15 is 0 Å². The van der Waals surface area contributed by atoms with Crippen LogP contribution in [0.25, 0.3) is 0 Å². The van der Waals surface area contributed by atoms with E-state index in [0.717, 1.165) is 12.0 Å². The Morgan fingerprint density at radius 3 is 2.42 bits per heavy atom. The Morgan fingerprint density at radius 1 is 1.33 bits per heavy atom. The Hall–Kier alpha value is -0.336. The van der Waals surface area contributed by atoms with Crippen molar-refractivity contribution in [1.82, 2.24) is 0 Å². The van der Waals surface area contributed by atoms with Crippen LogP contribution in [0, 0.1) is 6.42 Å². The van der Waals surface area contributed by atoms with E-state index in [1.807, 2.05) is 30.3 Å². The number of hydrogen-bond donors (Lipinski definition) is 0. The van der Waals surface area contributed by atoms with Crippen molar-refractivity contribution >= 4 is 5.97 Å². The Labute approximate surface area is 96.9 Å². The fourth-order valence-corrected chi connectivity index (χ4v) is 0.815. The Balaban J connectivity index is 0.00000121. The van der Waals surface area contributed by atoms with Crippen molar-refractivity contribution in [3.63, 3.8) is 0 Å². The molecule has 0 saturated heterocycles. The van der Waals surface area contributed by atoms with Gasteiger partial charge in [0.1, 0.15) is 0 Å². The molecule has 1 radical (unpaired) electrons. The van der Waals surface area contributed by atoms with Gasteiger partial charge in [-0.05, 0) is 0 Å². The SMILES string of the molecule is O=C([O-])[CH-]Cc1ccccc1.[Y].